The summed E-state index contributed by atoms with van der Waals surface area (Å²) in [4.78, 5) is 18.6. The zero-order chi connectivity index (χ0) is 18.5. The van der Waals surface area contributed by atoms with Gasteiger partial charge in [0.15, 0.2) is 0 Å². The number of pyridine rings is 1. The molecule has 0 spiro atoms. The lowest BCUT2D eigenvalue weighted by Gasteiger charge is -2.34. The second-order valence-electron chi connectivity index (χ2n) is 6.71. The third-order valence-corrected chi connectivity index (χ3v) is 5.19. The summed E-state index contributed by atoms with van der Waals surface area (Å²) in [5.74, 6) is 1.45. The molecular weight excluding hydrogens is 352 g/mol. The Labute approximate surface area is 158 Å². The third-order valence-electron chi connectivity index (χ3n) is 4.97. The molecule has 0 atom stereocenters. The fourth-order valence-electron chi connectivity index (χ4n) is 3.29. The van der Waals surface area contributed by atoms with E-state index in [-0.39, 0.29) is 18.6 Å². The number of aliphatic hydroxyl groups excluding tert-OH is 1. The van der Waals surface area contributed by atoms with Crippen molar-refractivity contribution in [1.29, 1.82) is 0 Å². The Morgan fingerprint density at radius 2 is 1.88 bits per heavy atom. The quantitative estimate of drug-likeness (QED) is 0.853. The molecular formula is C20H23ClN2O3. The van der Waals surface area contributed by atoms with Gasteiger partial charge >= 0.3 is 0 Å². The van der Waals surface area contributed by atoms with Gasteiger partial charge in [-0.15, -0.1) is 0 Å². The number of aromatic nitrogens is 1. The maximum atomic E-state index is 12.7. The number of halogens is 1. The Morgan fingerprint density at radius 1 is 1.19 bits per heavy atom. The van der Waals surface area contributed by atoms with Crippen LogP contribution in [0.25, 0.3) is 0 Å². The number of benzene rings is 1. The summed E-state index contributed by atoms with van der Waals surface area (Å²) in [6.45, 7) is 0.244. The third kappa shape index (κ3) is 4.54. The van der Waals surface area contributed by atoms with Crippen molar-refractivity contribution in [2.45, 2.75) is 31.7 Å². The number of rotatable bonds is 5. The van der Waals surface area contributed by atoms with Crippen molar-refractivity contribution < 1.29 is 14.6 Å². The predicted molar refractivity (Wildman–Crippen MR) is 101 cm³/mol. The molecule has 1 N–H and O–H groups in total. The van der Waals surface area contributed by atoms with Crippen molar-refractivity contribution in [3.63, 3.8) is 0 Å². The van der Waals surface area contributed by atoms with E-state index in [4.69, 9.17) is 16.3 Å². The van der Waals surface area contributed by atoms with Crippen molar-refractivity contribution in [3.8, 4) is 11.6 Å². The average Bonchev–Trinajstić information content (AvgIpc) is 2.69. The van der Waals surface area contributed by atoms with Crippen LogP contribution in [0.15, 0.2) is 42.6 Å². The molecule has 1 amide bonds. The molecule has 1 heterocycles. The molecule has 0 unspecified atom stereocenters. The predicted octanol–water partition coefficient (Wildman–Crippen LogP) is 4.15. The summed E-state index contributed by atoms with van der Waals surface area (Å²) >= 11 is 5.81. The van der Waals surface area contributed by atoms with Gasteiger partial charge in [0.2, 0.25) is 5.88 Å². The fraction of sp³-hybridized carbons (Fsp3) is 0.400. The number of carbonyl (C=O) groups excluding carboxylic acids is 1. The van der Waals surface area contributed by atoms with Crippen LogP contribution in [0.1, 0.15) is 36.0 Å². The summed E-state index contributed by atoms with van der Waals surface area (Å²) < 4.78 is 5.65. The SMILES string of the molecule is CN(C(=O)c1ccc(Oc2ccc(Cl)cn2)cc1)C1CCC(CO)CC1. The standard InChI is InChI=1S/C20H23ClN2O3/c1-23(17-7-2-14(13-24)3-8-17)20(25)15-4-9-18(10-5-15)26-19-11-6-16(21)12-22-19/h4-6,9-12,14,17,24H,2-3,7-8,13H2,1H3. The molecule has 1 saturated carbocycles. The second-order valence-corrected chi connectivity index (χ2v) is 7.15. The molecule has 0 radical (unpaired) electrons. The minimum absolute atomic E-state index is 0.00798. The number of amides is 1. The number of hydrogen-bond acceptors (Lipinski definition) is 4. The first-order chi connectivity index (χ1) is 12.6. The number of carbonyl (C=O) groups is 1. The highest BCUT2D eigenvalue weighted by Crippen LogP contribution is 2.28. The Kier molecular flexibility index (Phi) is 6.12. The van der Waals surface area contributed by atoms with Crippen LogP contribution in [0.4, 0.5) is 0 Å². The monoisotopic (exact) mass is 374 g/mol. The van der Waals surface area contributed by atoms with Gasteiger partial charge in [0.25, 0.3) is 5.91 Å². The highest BCUT2D eigenvalue weighted by molar-refractivity contribution is 6.30. The summed E-state index contributed by atoms with van der Waals surface area (Å²) in [6, 6.07) is 10.7. The van der Waals surface area contributed by atoms with E-state index in [2.05, 4.69) is 4.98 Å². The van der Waals surface area contributed by atoms with Crippen LogP contribution >= 0.6 is 11.6 Å². The molecule has 2 aromatic rings. The van der Waals surface area contributed by atoms with E-state index in [0.717, 1.165) is 25.7 Å². The van der Waals surface area contributed by atoms with Gasteiger partial charge in [-0.3, -0.25) is 4.79 Å². The molecule has 1 aliphatic rings. The van der Waals surface area contributed by atoms with E-state index in [1.807, 2.05) is 11.9 Å². The molecule has 1 fully saturated rings. The highest BCUT2D eigenvalue weighted by Gasteiger charge is 2.26. The lowest BCUT2D eigenvalue weighted by Crippen LogP contribution is -2.39. The average molecular weight is 375 g/mol. The van der Waals surface area contributed by atoms with E-state index in [1.54, 1.807) is 36.4 Å². The highest BCUT2D eigenvalue weighted by atomic mass is 35.5. The van der Waals surface area contributed by atoms with E-state index in [9.17, 15) is 9.90 Å². The number of ether oxygens (including phenoxy) is 1. The molecule has 0 saturated heterocycles. The van der Waals surface area contributed by atoms with Gasteiger partial charge in [0.1, 0.15) is 5.75 Å². The van der Waals surface area contributed by atoms with Gasteiger partial charge in [-0.1, -0.05) is 11.6 Å². The summed E-state index contributed by atoms with van der Waals surface area (Å²) in [7, 11) is 1.86. The summed E-state index contributed by atoms with van der Waals surface area (Å²) in [5, 5.41) is 9.80. The lowest BCUT2D eigenvalue weighted by atomic mass is 9.86. The first-order valence-electron chi connectivity index (χ1n) is 8.84. The van der Waals surface area contributed by atoms with Crippen molar-refractivity contribution in [2.24, 2.45) is 5.92 Å². The van der Waals surface area contributed by atoms with Gasteiger partial charge in [-0.25, -0.2) is 4.98 Å². The first-order valence-corrected chi connectivity index (χ1v) is 9.22. The summed E-state index contributed by atoms with van der Waals surface area (Å²) in [6.07, 6.45) is 5.35. The molecule has 1 aliphatic carbocycles. The van der Waals surface area contributed by atoms with Crippen molar-refractivity contribution in [2.75, 3.05) is 13.7 Å². The Hall–Kier alpha value is -2.11. The minimum Gasteiger partial charge on any atom is -0.439 e. The van der Waals surface area contributed by atoms with E-state index >= 15 is 0 Å². The Morgan fingerprint density at radius 3 is 2.46 bits per heavy atom. The Bertz CT molecular complexity index is 726. The maximum absolute atomic E-state index is 12.7. The molecule has 26 heavy (non-hydrogen) atoms. The molecule has 3 rings (SSSR count). The minimum atomic E-state index is 0.00798. The molecule has 5 nitrogen and oxygen atoms in total. The lowest BCUT2D eigenvalue weighted by molar-refractivity contribution is 0.0653. The second kappa shape index (κ2) is 8.52. The van der Waals surface area contributed by atoms with Gasteiger partial charge in [0, 0.05) is 37.5 Å². The van der Waals surface area contributed by atoms with Crippen molar-refractivity contribution in [1.82, 2.24) is 9.88 Å². The zero-order valence-corrected chi connectivity index (χ0v) is 15.5. The van der Waals surface area contributed by atoms with Gasteiger partial charge in [-0.2, -0.15) is 0 Å². The number of hydrogen-bond donors (Lipinski definition) is 1. The van der Waals surface area contributed by atoms with Crippen LogP contribution in [0.2, 0.25) is 5.02 Å². The Balaban J connectivity index is 1.60. The first kappa shape index (κ1) is 18.7. The normalized spacial score (nSPS) is 19.8. The van der Waals surface area contributed by atoms with Crippen LogP contribution in [0.5, 0.6) is 11.6 Å². The van der Waals surface area contributed by atoms with Crippen LogP contribution in [0.3, 0.4) is 0 Å². The maximum Gasteiger partial charge on any atom is 0.253 e. The fourth-order valence-corrected chi connectivity index (χ4v) is 3.40. The van der Waals surface area contributed by atoms with E-state index in [1.165, 1.54) is 6.20 Å². The van der Waals surface area contributed by atoms with E-state index in [0.29, 0.717) is 28.1 Å². The van der Waals surface area contributed by atoms with Gasteiger partial charge < -0.3 is 14.7 Å². The van der Waals surface area contributed by atoms with Crippen LogP contribution in [0, 0.1) is 5.92 Å². The van der Waals surface area contributed by atoms with Crippen LogP contribution < -0.4 is 4.74 Å². The van der Waals surface area contributed by atoms with Gasteiger partial charge in [-0.05, 0) is 61.9 Å². The topological polar surface area (TPSA) is 62.7 Å². The van der Waals surface area contributed by atoms with Crippen LogP contribution in [-0.4, -0.2) is 40.6 Å². The number of nitrogens with zero attached hydrogens (tertiary/aromatic N) is 2. The molecule has 0 bridgehead atoms. The molecule has 138 valence electrons. The number of aliphatic hydroxyl groups is 1. The van der Waals surface area contributed by atoms with Crippen molar-refractivity contribution in [3.05, 3.63) is 53.2 Å². The van der Waals surface area contributed by atoms with Gasteiger partial charge in [0.05, 0.1) is 5.02 Å². The van der Waals surface area contributed by atoms with E-state index < -0.39 is 0 Å². The smallest absolute Gasteiger partial charge is 0.253 e. The summed E-state index contributed by atoms with van der Waals surface area (Å²) in [5.41, 5.74) is 0.633. The van der Waals surface area contributed by atoms with Crippen LogP contribution in [-0.2, 0) is 0 Å². The molecule has 1 aromatic heterocycles. The largest absolute Gasteiger partial charge is 0.439 e. The zero-order valence-electron chi connectivity index (χ0n) is 14.8. The molecule has 0 aliphatic heterocycles. The molecule has 1 aromatic carbocycles. The van der Waals surface area contributed by atoms with Crippen molar-refractivity contribution >= 4 is 17.5 Å². The molecule has 6 heteroatoms.